The number of nitrogens with zero attached hydrogens (tertiary/aromatic N) is 4. The third kappa shape index (κ3) is 6.77. The molecule has 4 aromatic carbocycles. The molecule has 4 aliphatic rings. The van der Waals surface area contributed by atoms with Gasteiger partial charge >= 0.3 is 17.1 Å². The van der Waals surface area contributed by atoms with E-state index in [1.807, 2.05) is 146 Å². The summed E-state index contributed by atoms with van der Waals surface area (Å²) in [5.74, 6) is 0.873. The minimum atomic E-state index is 0. The Morgan fingerprint density at radius 1 is 0.453 bits per heavy atom. The van der Waals surface area contributed by atoms with Crippen molar-refractivity contribution in [1.29, 1.82) is 0 Å². The first-order valence-electron chi connectivity index (χ1n) is 16.5. The maximum absolute atomic E-state index is 6.36. The van der Waals surface area contributed by atoms with Gasteiger partial charge in [-0.05, 0) is 82.6 Å². The maximum atomic E-state index is 6.36. The van der Waals surface area contributed by atoms with E-state index in [1.54, 1.807) is 0 Å². The Hall–Kier alpha value is -4.84. The van der Waals surface area contributed by atoms with Gasteiger partial charge in [0.15, 0.2) is 0 Å². The summed E-state index contributed by atoms with van der Waals surface area (Å²) in [6.07, 6.45) is 12.2. The summed E-state index contributed by atoms with van der Waals surface area (Å²) in [7, 11) is 0. The molecule has 0 atom stereocenters. The quantitative estimate of drug-likeness (QED) is 0.132. The Bertz CT molecular complexity index is 2560. The second-order valence-electron chi connectivity index (χ2n) is 12.4. The van der Waals surface area contributed by atoms with Gasteiger partial charge in [-0.15, -0.1) is 29.8 Å². The molecule has 0 unspecified atom stereocenters. The number of aromatic nitrogens is 1. The maximum Gasteiger partial charge on any atom is 2.00 e. The summed E-state index contributed by atoms with van der Waals surface area (Å²) in [5.41, 5.74) is 12.5. The average molecular weight is 814 g/mol. The topological polar surface area (TPSA) is 50.0 Å². The van der Waals surface area contributed by atoms with E-state index < -0.39 is 0 Å². The van der Waals surface area contributed by atoms with E-state index in [4.69, 9.17) is 66.4 Å². The van der Waals surface area contributed by atoms with Crippen LogP contribution in [0.1, 0.15) is 33.6 Å². The molecule has 9 rings (SSSR count). The Morgan fingerprint density at radius 2 is 0.887 bits per heavy atom. The first-order chi connectivity index (χ1) is 25.4. The predicted molar refractivity (Wildman–Crippen MR) is 217 cm³/mol. The van der Waals surface area contributed by atoms with Crippen LogP contribution in [0.25, 0.3) is 16.7 Å². The smallest absolute Gasteiger partial charge is 0.337 e. The van der Waals surface area contributed by atoms with Crippen LogP contribution >= 0.6 is 46.4 Å². The molecule has 1 aromatic heterocycles. The number of fused-ring (bicyclic) bond motifs is 5. The van der Waals surface area contributed by atoms with Gasteiger partial charge in [0.1, 0.15) is 0 Å². The second-order valence-corrected chi connectivity index (χ2v) is 14.1. The first kappa shape index (κ1) is 35.2. The second kappa shape index (κ2) is 14.5. The molecular weight excluding hydrogens is 790 g/mol. The zero-order valence-corrected chi connectivity index (χ0v) is 31.4. The van der Waals surface area contributed by atoms with Crippen molar-refractivity contribution in [3.05, 3.63) is 222 Å². The molecule has 4 nitrogen and oxygen atoms in total. The summed E-state index contributed by atoms with van der Waals surface area (Å²) in [4.78, 5) is 21.1. The molecule has 53 heavy (non-hydrogen) atoms. The van der Waals surface area contributed by atoms with Gasteiger partial charge in [-0.3, -0.25) is 9.98 Å². The van der Waals surface area contributed by atoms with Crippen molar-refractivity contribution in [3.8, 4) is 0 Å². The molecule has 4 aliphatic heterocycles. The van der Waals surface area contributed by atoms with E-state index in [1.165, 1.54) is 0 Å². The van der Waals surface area contributed by atoms with Crippen LogP contribution in [0.5, 0.6) is 0 Å². The Kier molecular flexibility index (Phi) is 9.65. The van der Waals surface area contributed by atoms with E-state index in [9.17, 15) is 0 Å². The molecule has 0 saturated carbocycles. The number of hydrogen-bond donors (Lipinski definition) is 0. The summed E-state index contributed by atoms with van der Waals surface area (Å²) >= 11 is 25.4. The van der Waals surface area contributed by atoms with E-state index in [-0.39, 0.29) is 17.1 Å². The van der Waals surface area contributed by atoms with Crippen molar-refractivity contribution in [2.75, 3.05) is 0 Å². The third-order valence-corrected chi connectivity index (χ3v) is 10.1. The molecule has 9 heteroatoms. The monoisotopic (exact) mass is 811 g/mol. The Balaban J connectivity index is 0.00000400. The van der Waals surface area contributed by atoms with Gasteiger partial charge in [0.05, 0.1) is 17.1 Å². The minimum absolute atomic E-state index is 0. The Labute approximate surface area is 337 Å². The number of halogens is 4. The fourth-order valence-corrected chi connectivity index (χ4v) is 7.24. The van der Waals surface area contributed by atoms with Gasteiger partial charge in [0.25, 0.3) is 0 Å². The van der Waals surface area contributed by atoms with Crippen molar-refractivity contribution in [2.24, 2.45) is 15.0 Å². The van der Waals surface area contributed by atoms with Crippen LogP contribution in [0.15, 0.2) is 178 Å². The first-order valence-corrected chi connectivity index (χ1v) is 18.0. The average Bonchev–Trinajstić information content (AvgIpc) is 3.99. The van der Waals surface area contributed by atoms with Gasteiger partial charge in [-0.1, -0.05) is 130 Å². The van der Waals surface area contributed by atoms with Crippen LogP contribution in [-0.4, -0.2) is 22.1 Å². The number of aliphatic imine (C=N–C) groups is 3. The van der Waals surface area contributed by atoms with E-state index >= 15 is 0 Å². The largest absolute Gasteiger partial charge is 2.00 e. The molecule has 1 radical (unpaired) electrons. The van der Waals surface area contributed by atoms with E-state index in [2.05, 4.69) is 0 Å². The zero-order chi connectivity index (χ0) is 35.3. The molecule has 0 saturated heterocycles. The molecular formula is C44H24Cl4CuN4. The van der Waals surface area contributed by atoms with Gasteiger partial charge in [0, 0.05) is 42.8 Å². The molecule has 0 spiro atoms. The molecule has 0 N–H and O–H groups in total. The normalized spacial score (nSPS) is 16.0. The molecule has 5 aromatic rings. The summed E-state index contributed by atoms with van der Waals surface area (Å²) in [5, 5.41) is 2.58. The summed E-state index contributed by atoms with van der Waals surface area (Å²) in [6.45, 7) is 0. The minimum Gasteiger partial charge on any atom is -0.337 e. The van der Waals surface area contributed by atoms with Crippen LogP contribution in [-0.2, 0) is 17.1 Å². The third-order valence-electron chi connectivity index (χ3n) is 9.14. The fourth-order valence-electron chi connectivity index (χ4n) is 6.74. The molecule has 0 amide bonds. The van der Waals surface area contributed by atoms with Crippen LogP contribution in [0, 0.1) is 5.92 Å². The predicted octanol–water partition coefficient (Wildman–Crippen LogP) is 12.0. The van der Waals surface area contributed by atoms with Crippen molar-refractivity contribution in [3.63, 3.8) is 0 Å². The molecule has 0 fully saturated rings. The van der Waals surface area contributed by atoms with Crippen molar-refractivity contribution < 1.29 is 17.1 Å². The number of rotatable bonds is 4. The van der Waals surface area contributed by atoms with E-state index in [0.717, 1.165) is 90.5 Å². The van der Waals surface area contributed by atoms with E-state index in [0.29, 0.717) is 20.1 Å². The summed E-state index contributed by atoms with van der Waals surface area (Å²) in [6, 6.07) is 35.1. The Morgan fingerprint density at radius 3 is 1.43 bits per heavy atom. The summed E-state index contributed by atoms with van der Waals surface area (Å²) < 4.78 is 0. The fraction of sp³-hybridized carbons (Fsp3) is 0. The van der Waals surface area contributed by atoms with Crippen LogP contribution in [0.2, 0.25) is 20.1 Å². The number of allylic oxidation sites excluding steroid dienone is 7. The molecule has 0 aliphatic carbocycles. The zero-order valence-electron chi connectivity index (χ0n) is 27.5. The molecule has 5 heterocycles. The van der Waals surface area contributed by atoms with Gasteiger partial charge in [-0.25, -0.2) is 4.99 Å². The standard InChI is InChI=1S/C44H24Cl4N4.Cu/c45-29-9-1-25(2-10-29)41-33-17-19-35(49-33)42(26-3-11-30(46)12-4-26)37-21-23-39(51-37)44(28-7-15-32(48)16-8-28)40-24-22-38(52-40)43(36-20-18-34(41)50-36)27-5-13-31(47)14-6-27;/h1-24H;/q-2;+2. The number of benzene rings is 4. The van der Waals surface area contributed by atoms with Gasteiger partial charge in [-0.2, -0.15) is 0 Å². The van der Waals surface area contributed by atoms with Crippen molar-refractivity contribution in [2.45, 2.75) is 0 Å². The van der Waals surface area contributed by atoms with Crippen LogP contribution < -0.4 is 0 Å². The van der Waals surface area contributed by atoms with Gasteiger partial charge < -0.3 is 4.98 Å². The van der Waals surface area contributed by atoms with Crippen molar-refractivity contribution >= 4 is 80.3 Å². The number of hydrogen-bond acceptors (Lipinski definition) is 4. The SMILES string of the molecule is Clc1ccc(C2=C3C=CC(=N3)[C-](c3ccc(Cl)cc3)C3=NC(=C(c4ccc(Cl)cc4)c4[cH-]cc(n4)C(c4ccc(Cl)cc4)=C4C=CC2=N4)C=C3)cc1.[Cu+2]. The van der Waals surface area contributed by atoms with Crippen molar-refractivity contribution in [1.82, 2.24) is 4.98 Å². The van der Waals surface area contributed by atoms with Crippen LogP contribution in [0.4, 0.5) is 0 Å². The van der Waals surface area contributed by atoms with Crippen LogP contribution in [0.3, 0.4) is 0 Å². The van der Waals surface area contributed by atoms with Gasteiger partial charge in [0.2, 0.25) is 0 Å². The molecule has 259 valence electrons. The molecule has 8 bridgehead atoms.